The van der Waals surface area contributed by atoms with E-state index in [0.29, 0.717) is 10.9 Å². The van der Waals surface area contributed by atoms with Crippen LogP contribution in [0.3, 0.4) is 0 Å². The highest BCUT2D eigenvalue weighted by Crippen LogP contribution is 2.15. The quantitative estimate of drug-likeness (QED) is 0.578. The number of carbonyl (C=O) groups is 2. The van der Waals surface area contributed by atoms with Crippen LogP contribution >= 0.6 is 0 Å². The van der Waals surface area contributed by atoms with Gasteiger partial charge in [0.05, 0.1) is 11.1 Å². The van der Waals surface area contributed by atoms with Gasteiger partial charge in [0.2, 0.25) is 0 Å². The summed E-state index contributed by atoms with van der Waals surface area (Å²) >= 11 is 0. The molecule has 0 fully saturated rings. The van der Waals surface area contributed by atoms with Gasteiger partial charge in [-0.2, -0.15) is 5.10 Å². The van der Waals surface area contributed by atoms with Gasteiger partial charge < -0.3 is 9.47 Å². The number of hydrogen-bond donors (Lipinski definition) is 1. The maximum absolute atomic E-state index is 12.0. The standard InChI is InChI=1S/C17H14N2O4/c20-16(12-6-2-1-3-7-12)22-10-11-23-17(21)15-13-8-4-5-9-14(13)18-19-15/h1-9H,10-11H2,(H,18,19). The van der Waals surface area contributed by atoms with Gasteiger partial charge in [0.25, 0.3) is 0 Å². The van der Waals surface area contributed by atoms with E-state index in [9.17, 15) is 9.59 Å². The molecular weight excluding hydrogens is 296 g/mol. The van der Waals surface area contributed by atoms with E-state index in [2.05, 4.69) is 10.2 Å². The Morgan fingerprint density at radius 1 is 0.870 bits per heavy atom. The highest BCUT2D eigenvalue weighted by Gasteiger charge is 2.15. The summed E-state index contributed by atoms with van der Waals surface area (Å²) in [6.45, 7) is -0.0413. The third kappa shape index (κ3) is 3.37. The van der Waals surface area contributed by atoms with Crippen molar-refractivity contribution in [2.45, 2.75) is 0 Å². The van der Waals surface area contributed by atoms with Crippen molar-refractivity contribution in [3.05, 3.63) is 65.9 Å². The fourth-order valence-corrected chi connectivity index (χ4v) is 2.11. The average Bonchev–Trinajstić information content (AvgIpc) is 3.03. The third-order valence-corrected chi connectivity index (χ3v) is 3.22. The molecule has 3 aromatic rings. The molecule has 116 valence electrons. The van der Waals surface area contributed by atoms with Crippen molar-refractivity contribution in [3.8, 4) is 0 Å². The summed E-state index contributed by atoms with van der Waals surface area (Å²) in [5, 5.41) is 7.41. The summed E-state index contributed by atoms with van der Waals surface area (Å²) < 4.78 is 10.1. The molecular formula is C17H14N2O4. The molecule has 2 aromatic carbocycles. The molecule has 6 nitrogen and oxygen atoms in total. The zero-order valence-corrected chi connectivity index (χ0v) is 12.2. The Balaban J connectivity index is 1.51. The number of esters is 2. The second kappa shape index (κ2) is 6.74. The van der Waals surface area contributed by atoms with E-state index in [1.165, 1.54) is 0 Å². The van der Waals surface area contributed by atoms with Gasteiger partial charge in [-0.25, -0.2) is 9.59 Å². The lowest BCUT2D eigenvalue weighted by Gasteiger charge is -2.05. The summed E-state index contributed by atoms with van der Waals surface area (Å²) in [5.41, 5.74) is 1.43. The van der Waals surface area contributed by atoms with E-state index in [-0.39, 0.29) is 18.9 Å². The van der Waals surface area contributed by atoms with Crippen LogP contribution in [-0.4, -0.2) is 35.3 Å². The number of rotatable bonds is 5. The van der Waals surface area contributed by atoms with Crippen molar-refractivity contribution in [1.29, 1.82) is 0 Å². The van der Waals surface area contributed by atoms with Gasteiger partial charge >= 0.3 is 11.9 Å². The van der Waals surface area contributed by atoms with Gasteiger partial charge in [0, 0.05) is 5.39 Å². The SMILES string of the molecule is O=C(OCCOC(=O)c1n[nH]c2ccccc12)c1ccccc1. The van der Waals surface area contributed by atoms with Crippen molar-refractivity contribution in [2.75, 3.05) is 13.2 Å². The molecule has 0 saturated carbocycles. The zero-order valence-electron chi connectivity index (χ0n) is 12.2. The van der Waals surface area contributed by atoms with E-state index < -0.39 is 11.9 Å². The van der Waals surface area contributed by atoms with Crippen LogP contribution in [-0.2, 0) is 9.47 Å². The van der Waals surface area contributed by atoms with E-state index in [4.69, 9.17) is 9.47 Å². The molecule has 0 amide bonds. The Bertz CT molecular complexity index is 827. The third-order valence-electron chi connectivity index (χ3n) is 3.22. The summed E-state index contributed by atoms with van der Waals surface area (Å²) in [6, 6.07) is 15.9. The molecule has 0 aliphatic heterocycles. The molecule has 1 aromatic heterocycles. The molecule has 3 rings (SSSR count). The Morgan fingerprint density at radius 2 is 1.52 bits per heavy atom. The van der Waals surface area contributed by atoms with Gasteiger partial charge in [-0.1, -0.05) is 36.4 Å². The highest BCUT2D eigenvalue weighted by atomic mass is 16.6. The number of aromatic amines is 1. The number of benzene rings is 2. The summed E-state index contributed by atoms with van der Waals surface area (Å²) in [5.74, 6) is -1.01. The summed E-state index contributed by atoms with van der Waals surface area (Å²) in [7, 11) is 0. The number of aromatic nitrogens is 2. The smallest absolute Gasteiger partial charge is 0.359 e. The van der Waals surface area contributed by atoms with Crippen molar-refractivity contribution in [3.63, 3.8) is 0 Å². The number of nitrogens with zero attached hydrogens (tertiary/aromatic N) is 1. The summed E-state index contributed by atoms with van der Waals surface area (Å²) in [4.78, 5) is 23.7. The van der Waals surface area contributed by atoms with Gasteiger partial charge in [-0.05, 0) is 18.2 Å². The van der Waals surface area contributed by atoms with Gasteiger partial charge in [0.15, 0.2) is 5.69 Å². The normalized spacial score (nSPS) is 10.4. The van der Waals surface area contributed by atoms with E-state index in [1.54, 1.807) is 30.3 Å². The Labute approximate surface area is 132 Å². The molecule has 6 heteroatoms. The minimum atomic E-state index is -0.557. The Morgan fingerprint density at radius 3 is 2.30 bits per heavy atom. The van der Waals surface area contributed by atoms with Crippen LogP contribution in [0, 0.1) is 0 Å². The number of fused-ring (bicyclic) bond motifs is 1. The number of nitrogens with one attached hydrogen (secondary N) is 1. The van der Waals surface area contributed by atoms with E-state index in [1.807, 2.05) is 24.3 Å². The van der Waals surface area contributed by atoms with Crippen molar-refractivity contribution >= 4 is 22.8 Å². The number of ether oxygens (including phenoxy) is 2. The van der Waals surface area contributed by atoms with Crippen molar-refractivity contribution < 1.29 is 19.1 Å². The van der Waals surface area contributed by atoms with E-state index >= 15 is 0 Å². The second-order valence-electron chi connectivity index (χ2n) is 4.76. The molecule has 1 heterocycles. The predicted molar refractivity (Wildman–Crippen MR) is 83.1 cm³/mol. The average molecular weight is 310 g/mol. The zero-order chi connectivity index (χ0) is 16.1. The van der Waals surface area contributed by atoms with Crippen molar-refractivity contribution in [2.24, 2.45) is 0 Å². The molecule has 0 atom stereocenters. The minimum absolute atomic E-state index is 0.0121. The fourth-order valence-electron chi connectivity index (χ4n) is 2.11. The first-order valence-electron chi connectivity index (χ1n) is 7.08. The van der Waals surface area contributed by atoms with Gasteiger partial charge in [-0.15, -0.1) is 0 Å². The van der Waals surface area contributed by atoms with Crippen LogP contribution in [0.4, 0.5) is 0 Å². The number of H-pyrrole nitrogens is 1. The van der Waals surface area contributed by atoms with Crippen LogP contribution in [0.25, 0.3) is 10.9 Å². The van der Waals surface area contributed by atoms with Crippen LogP contribution in [0.5, 0.6) is 0 Å². The molecule has 0 unspecified atom stereocenters. The second-order valence-corrected chi connectivity index (χ2v) is 4.76. The lowest BCUT2D eigenvalue weighted by Crippen LogP contribution is -2.14. The fraction of sp³-hybridized carbons (Fsp3) is 0.118. The first-order valence-corrected chi connectivity index (χ1v) is 7.08. The minimum Gasteiger partial charge on any atom is -0.458 e. The Hall–Kier alpha value is -3.15. The highest BCUT2D eigenvalue weighted by molar-refractivity contribution is 6.01. The molecule has 0 bridgehead atoms. The molecule has 0 saturated heterocycles. The first kappa shape index (κ1) is 14.8. The van der Waals surface area contributed by atoms with Crippen LogP contribution < -0.4 is 0 Å². The maximum Gasteiger partial charge on any atom is 0.359 e. The van der Waals surface area contributed by atoms with Crippen LogP contribution in [0.1, 0.15) is 20.8 Å². The van der Waals surface area contributed by atoms with Crippen LogP contribution in [0.2, 0.25) is 0 Å². The summed E-state index contributed by atoms with van der Waals surface area (Å²) in [6.07, 6.45) is 0. The lowest BCUT2D eigenvalue weighted by molar-refractivity contribution is 0.0263. The molecule has 0 aliphatic rings. The van der Waals surface area contributed by atoms with Crippen molar-refractivity contribution in [1.82, 2.24) is 10.2 Å². The predicted octanol–water partition coefficient (Wildman–Crippen LogP) is 2.58. The van der Waals surface area contributed by atoms with Gasteiger partial charge in [0.1, 0.15) is 13.2 Å². The molecule has 0 spiro atoms. The van der Waals surface area contributed by atoms with Gasteiger partial charge in [-0.3, -0.25) is 5.10 Å². The van der Waals surface area contributed by atoms with Crippen LogP contribution in [0.15, 0.2) is 54.6 Å². The maximum atomic E-state index is 12.0. The number of hydrogen-bond acceptors (Lipinski definition) is 5. The molecule has 0 aliphatic carbocycles. The largest absolute Gasteiger partial charge is 0.458 e. The lowest BCUT2D eigenvalue weighted by atomic mass is 10.2. The molecule has 0 radical (unpaired) electrons. The Kier molecular flexibility index (Phi) is 4.33. The molecule has 23 heavy (non-hydrogen) atoms. The number of para-hydroxylation sites is 1. The molecule has 1 N–H and O–H groups in total. The van der Waals surface area contributed by atoms with E-state index in [0.717, 1.165) is 5.52 Å². The number of carbonyl (C=O) groups excluding carboxylic acids is 2. The topological polar surface area (TPSA) is 81.3 Å². The first-order chi connectivity index (χ1) is 11.3. The monoisotopic (exact) mass is 310 g/mol.